The van der Waals surface area contributed by atoms with Crippen LogP contribution in [-0.4, -0.2) is 14.6 Å². The van der Waals surface area contributed by atoms with Crippen LogP contribution in [0.5, 0.6) is 0 Å². The third kappa shape index (κ3) is 2.45. The summed E-state index contributed by atoms with van der Waals surface area (Å²) in [6.07, 6.45) is 4.06. The van der Waals surface area contributed by atoms with Crippen LogP contribution in [0.4, 0.5) is 0 Å². The van der Waals surface area contributed by atoms with Crippen molar-refractivity contribution in [3.63, 3.8) is 0 Å². The monoisotopic (exact) mass is 317 g/mol. The lowest BCUT2D eigenvalue weighted by Gasteiger charge is -2.22. The fraction of sp³-hybridized carbons (Fsp3) is 0.500. The zero-order chi connectivity index (χ0) is 10.8. The Balaban J connectivity index is 2.00. The first-order valence-corrected chi connectivity index (χ1v) is 6.02. The van der Waals surface area contributed by atoms with Crippen LogP contribution in [0, 0.1) is 10.8 Å². The minimum Gasteiger partial charge on any atom is -0.361 e. The molecule has 1 fully saturated rings. The summed E-state index contributed by atoms with van der Waals surface area (Å²) in [7, 11) is 0. The molecule has 80 valence electrons. The fourth-order valence-corrected chi connectivity index (χ4v) is 1.75. The van der Waals surface area contributed by atoms with Crippen molar-refractivity contribution in [2.75, 3.05) is 0 Å². The molecule has 0 aliphatic heterocycles. The molecule has 0 radical (unpaired) electrons. The van der Waals surface area contributed by atoms with Crippen molar-refractivity contribution in [3.8, 4) is 0 Å². The molecular formula is C10H12IN3O. The van der Waals surface area contributed by atoms with E-state index in [-0.39, 0.29) is 9.43 Å². The van der Waals surface area contributed by atoms with E-state index in [0.29, 0.717) is 18.1 Å². The average Bonchev–Trinajstić information content (AvgIpc) is 2.49. The molecule has 0 spiro atoms. The van der Waals surface area contributed by atoms with E-state index in [1.54, 1.807) is 0 Å². The van der Waals surface area contributed by atoms with E-state index in [0.717, 1.165) is 5.69 Å². The Kier molecular flexibility index (Phi) is 3.18. The highest BCUT2D eigenvalue weighted by Crippen LogP contribution is 2.35. The van der Waals surface area contributed by atoms with Crippen LogP contribution in [0.1, 0.15) is 36.6 Å². The zero-order valence-electron chi connectivity index (χ0n) is 8.22. The van der Waals surface area contributed by atoms with Gasteiger partial charge in [-0.2, -0.15) is 0 Å². The average molecular weight is 317 g/mol. The van der Waals surface area contributed by atoms with Crippen LogP contribution in [-0.2, 0) is 6.42 Å². The molecule has 1 aliphatic carbocycles. The van der Waals surface area contributed by atoms with Gasteiger partial charge >= 0.3 is 0 Å². The number of rotatable bonds is 4. The van der Waals surface area contributed by atoms with Gasteiger partial charge in [-0.15, -0.1) is 0 Å². The van der Waals surface area contributed by atoms with Crippen molar-refractivity contribution >= 4 is 32.0 Å². The second-order valence-electron chi connectivity index (χ2n) is 3.82. The van der Waals surface area contributed by atoms with Gasteiger partial charge in [-0.05, 0) is 35.4 Å². The summed E-state index contributed by atoms with van der Waals surface area (Å²) < 4.78 is 5.41. The number of halogens is 1. The van der Waals surface area contributed by atoms with E-state index in [1.165, 1.54) is 19.3 Å². The molecule has 2 rings (SSSR count). The van der Waals surface area contributed by atoms with Gasteiger partial charge in [-0.25, -0.2) is 0 Å². The van der Waals surface area contributed by atoms with Crippen molar-refractivity contribution < 1.29 is 4.52 Å². The minimum absolute atomic E-state index is 0.259. The van der Waals surface area contributed by atoms with Crippen LogP contribution in [0.3, 0.4) is 0 Å². The van der Waals surface area contributed by atoms with Crippen molar-refractivity contribution in [1.82, 2.24) is 5.16 Å². The zero-order valence-corrected chi connectivity index (χ0v) is 10.4. The lowest BCUT2D eigenvalue weighted by atomic mass is 9.83. The van der Waals surface area contributed by atoms with Gasteiger partial charge in [0.1, 0.15) is 9.48 Å². The number of hydrogen-bond donors (Lipinski definition) is 2. The highest BCUT2D eigenvalue weighted by Gasteiger charge is 2.23. The van der Waals surface area contributed by atoms with Crippen LogP contribution in [0.25, 0.3) is 0 Å². The molecule has 1 aliphatic rings. The molecule has 0 bridgehead atoms. The lowest BCUT2D eigenvalue weighted by Crippen LogP contribution is -2.09. The smallest absolute Gasteiger partial charge is 0.143 e. The number of aromatic nitrogens is 1. The lowest BCUT2D eigenvalue weighted by molar-refractivity contribution is 0.352. The Morgan fingerprint density at radius 1 is 1.53 bits per heavy atom. The summed E-state index contributed by atoms with van der Waals surface area (Å²) in [5, 5.41) is 18.8. The molecule has 0 aromatic carbocycles. The topological polar surface area (TPSA) is 73.7 Å². The van der Waals surface area contributed by atoms with Gasteiger partial charge in [0.05, 0.1) is 17.8 Å². The number of nitrogens with zero attached hydrogens (tertiary/aromatic N) is 1. The second kappa shape index (κ2) is 4.42. The van der Waals surface area contributed by atoms with Gasteiger partial charge in [-0.1, -0.05) is 11.6 Å². The summed E-state index contributed by atoms with van der Waals surface area (Å²) >= 11 is 1.83. The first-order valence-electron chi connectivity index (χ1n) is 4.94. The first kappa shape index (κ1) is 10.8. The largest absolute Gasteiger partial charge is 0.361 e. The van der Waals surface area contributed by atoms with Crippen molar-refractivity contribution in [2.24, 2.45) is 0 Å². The molecule has 0 amide bonds. The molecule has 1 heterocycles. The molecular weight excluding hydrogens is 305 g/mol. The molecule has 5 heteroatoms. The Morgan fingerprint density at radius 2 is 2.27 bits per heavy atom. The highest BCUT2D eigenvalue weighted by atomic mass is 127. The SMILES string of the molecule is N=C(I)C(=N)Cc1cc(C2CCC2)no1. The molecule has 1 aromatic heterocycles. The van der Waals surface area contributed by atoms with E-state index in [2.05, 4.69) is 5.16 Å². The minimum atomic E-state index is 0.259. The standard InChI is InChI=1S/C10H12IN3O/c11-10(13)8(12)4-7-5-9(14-15-7)6-2-1-3-6/h5-6,12-13H,1-4H2. The van der Waals surface area contributed by atoms with E-state index in [4.69, 9.17) is 15.3 Å². The van der Waals surface area contributed by atoms with E-state index < -0.39 is 0 Å². The fourth-order valence-electron chi connectivity index (χ4n) is 1.56. The Hall–Kier alpha value is -0.720. The van der Waals surface area contributed by atoms with Crippen LogP contribution in [0.15, 0.2) is 10.6 Å². The molecule has 1 aromatic rings. The maximum atomic E-state index is 7.54. The summed E-state index contributed by atoms with van der Waals surface area (Å²) in [5.41, 5.74) is 1.30. The van der Waals surface area contributed by atoms with Crippen molar-refractivity contribution in [3.05, 3.63) is 17.5 Å². The third-order valence-corrected chi connectivity index (χ3v) is 3.37. The van der Waals surface area contributed by atoms with E-state index >= 15 is 0 Å². The Labute approximate surface area is 102 Å². The van der Waals surface area contributed by atoms with E-state index in [9.17, 15) is 0 Å². The number of nitrogens with one attached hydrogen (secondary N) is 2. The summed E-state index contributed by atoms with van der Waals surface area (Å²) in [4.78, 5) is 0. The quantitative estimate of drug-likeness (QED) is 0.662. The van der Waals surface area contributed by atoms with Gasteiger partial charge in [0.25, 0.3) is 0 Å². The van der Waals surface area contributed by atoms with Gasteiger partial charge in [0.2, 0.25) is 0 Å². The van der Waals surface area contributed by atoms with Gasteiger partial charge in [0, 0.05) is 12.0 Å². The second-order valence-corrected chi connectivity index (χ2v) is 4.89. The predicted molar refractivity (Wildman–Crippen MR) is 66.3 cm³/mol. The molecule has 0 unspecified atom stereocenters. The van der Waals surface area contributed by atoms with Crippen molar-refractivity contribution in [2.45, 2.75) is 31.6 Å². The molecule has 15 heavy (non-hydrogen) atoms. The normalized spacial score (nSPS) is 16.1. The highest BCUT2D eigenvalue weighted by molar-refractivity contribution is 14.1. The Bertz CT molecular complexity index is 395. The van der Waals surface area contributed by atoms with Gasteiger partial charge < -0.3 is 9.93 Å². The molecule has 0 atom stereocenters. The Morgan fingerprint density at radius 3 is 2.80 bits per heavy atom. The first-order chi connectivity index (χ1) is 7.16. The maximum Gasteiger partial charge on any atom is 0.143 e. The van der Waals surface area contributed by atoms with Gasteiger partial charge in [0.15, 0.2) is 0 Å². The summed E-state index contributed by atoms with van der Waals surface area (Å²) in [6.45, 7) is 0. The number of hydrogen-bond acceptors (Lipinski definition) is 4. The van der Waals surface area contributed by atoms with Crippen LogP contribution < -0.4 is 0 Å². The van der Waals surface area contributed by atoms with E-state index in [1.807, 2.05) is 28.7 Å². The maximum absolute atomic E-state index is 7.54. The summed E-state index contributed by atoms with van der Waals surface area (Å²) in [6, 6.07) is 1.93. The van der Waals surface area contributed by atoms with Crippen LogP contribution >= 0.6 is 22.6 Å². The summed E-state index contributed by atoms with van der Waals surface area (Å²) in [5.74, 6) is 1.26. The molecule has 1 saturated carbocycles. The van der Waals surface area contributed by atoms with Crippen LogP contribution in [0.2, 0.25) is 0 Å². The molecule has 2 N–H and O–H groups in total. The molecule has 4 nitrogen and oxygen atoms in total. The third-order valence-electron chi connectivity index (χ3n) is 2.72. The molecule has 0 saturated heterocycles. The van der Waals surface area contributed by atoms with Gasteiger partial charge in [-0.3, -0.25) is 5.41 Å². The predicted octanol–water partition coefficient (Wildman–Crippen LogP) is 2.92. The van der Waals surface area contributed by atoms with Crippen molar-refractivity contribution in [1.29, 1.82) is 10.8 Å².